The average molecular weight is 291 g/mol. The quantitative estimate of drug-likeness (QED) is 0.559. The molecule has 0 spiro atoms. The molecule has 0 aliphatic heterocycles. The lowest BCUT2D eigenvalue weighted by Gasteiger charge is -2.18. The maximum Gasteiger partial charge on any atom is 0.223 e. The molecule has 0 unspecified atom stereocenters. The number of hydrogen-bond acceptors (Lipinski definition) is 8. The summed E-state index contributed by atoms with van der Waals surface area (Å²) in [5.41, 5.74) is 2.40. The van der Waals surface area contributed by atoms with Crippen LogP contribution < -0.4 is 16.6 Å². The summed E-state index contributed by atoms with van der Waals surface area (Å²) in [7, 11) is 0. The third-order valence-electron chi connectivity index (χ3n) is 2.77. The van der Waals surface area contributed by atoms with E-state index >= 15 is 0 Å². The summed E-state index contributed by atoms with van der Waals surface area (Å²) in [5.74, 6) is 8.69. The van der Waals surface area contributed by atoms with E-state index in [0.29, 0.717) is 36.3 Å². The molecule has 0 fully saturated rings. The molecule has 2 aromatic heterocycles. The first-order valence-electron chi connectivity index (χ1n) is 6.78. The Hall–Kier alpha value is -2.22. The number of aromatic nitrogens is 4. The van der Waals surface area contributed by atoms with Gasteiger partial charge in [-0.1, -0.05) is 25.9 Å². The Kier molecular flexibility index (Phi) is 4.37. The number of nitrogens with one attached hydrogen (secondary N) is 2. The van der Waals surface area contributed by atoms with Gasteiger partial charge >= 0.3 is 0 Å². The van der Waals surface area contributed by atoms with Crippen LogP contribution >= 0.6 is 0 Å². The minimum atomic E-state index is -0.159. The van der Waals surface area contributed by atoms with Crippen molar-refractivity contribution in [2.75, 3.05) is 17.3 Å². The predicted octanol–water partition coefficient (Wildman–Crippen LogP) is 1.41. The first kappa shape index (κ1) is 15.2. The van der Waals surface area contributed by atoms with Gasteiger partial charge in [-0.2, -0.15) is 4.98 Å². The van der Waals surface area contributed by atoms with Crippen molar-refractivity contribution in [3.05, 3.63) is 23.6 Å². The van der Waals surface area contributed by atoms with E-state index < -0.39 is 0 Å². The zero-order chi connectivity index (χ0) is 15.5. The molecule has 8 heteroatoms. The van der Waals surface area contributed by atoms with Gasteiger partial charge in [0.1, 0.15) is 17.5 Å². The van der Waals surface area contributed by atoms with Crippen molar-refractivity contribution in [3.8, 4) is 0 Å². The number of nitrogens with zero attached hydrogens (tertiary/aromatic N) is 4. The first-order valence-corrected chi connectivity index (χ1v) is 6.78. The van der Waals surface area contributed by atoms with Crippen LogP contribution in [0.1, 0.15) is 38.3 Å². The van der Waals surface area contributed by atoms with Gasteiger partial charge < -0.3 is 15.3 Å². The van der Waals surface area contributed by atoms with Crippen LogP contribution in [-0.2, 0) is 11.8 Å². The lowest BCUT2D eigenvalue weighted by atomic mass is 9.96. The smallest absolute Gasteiger partial charge is 0.223 e. The molecule has 0 radical (unpaired) electrons. The molecule has 114 valence electrons. The number of nitrogens with two attached hydrogens (primary N) is 1. The second-order valence-corrected chi connectivity index (χ2v) is 5.76. The predicted molar refractivity (Wildman–Crippen MR) is 79.8 cm³/mol. The van der Waals surface area contributed by atoms with Gasteiger partial charge in [0.15, 0.2) is 5.82 Å². The Morgan fingerprint density at radius 1 is 1.19 bits per heavy atom. The summed E-state index contributed by atoms with van der Waals surface area (Å²) in [6.07, 6.45) is 0.650. The fourth-order valence-electron chi connectivity index (χ4n) is 1.69. The minimum Gasteiger partial charge on any atom is -0.369 e. The number of hydrazine groups is 1. The maximum atomic E-state index is 5.45. The molecule has 21 heavy (non-hydrogen) atoms. The number of anilines is 2. The molecule has 4 N–H and O–H groups in total. The van der Waals surface area contributed by atoms with Crippen LogP contribution in [-0.4, -0.2) is 26.7 Å². The number of rotatable bonds is 5. The zero-order valence-corrected chi connectivity index (χ0v) is 12.8. The Morgan fingerprint density at radius 2 is 1.90 bits per heavy atom. The fourth-order valence-corrected chi connectivity index (χ4v) is 1.69. The van der Waals surface area contributed by atoms with Crippen molar-refractivity contribution in [2.45, 2.75) is 39.5 Å². The average Bonchev–Trinajstić information content (AvgIpc) is 2.83. The largest absolute Gasteiger partial charge is 0.369 e. The third-order valence-corrected chi connectivity index (χ3v) is 2.77. The van der Waals surface area contributed by atoms with Crippen molar-refractivity contribution in [1.29, 1.82) is 0 Å². The second kappa shape index (κ2) is 6.04. The van der Waals surface area contributed by atoms with Crippen LogP contribution in [0.4, 0.5) is 11.6 Å². The number of hydrogen-bond donors (Lipinski definition) is 3. The highest BCUT2D eigenvalue weighted by molar-refractivity contribution is 5.47. The van der Waals surface area contributed by atoms with Crippen LogP contribution in [0.3, 0.4) is 0 Å². The van der Waals surface area contributed by atoms with E-state index in [9.17, 15) is 0 Å². The Morgan fingerprint density at radius 3 is 2.48 bits per heavy atom. The molecule has 0 saturated carbocycles. The van der Waals surface area contributed by atoms with Crippen LogP contribution in [0.5, 0.6) is 0 Å². The van der Waals surface area contributed by atoms with Gasteiger partial charge in [0, 0.05) is 31.4 Å². The Bertz CT molecular complexity index is 603. The molecule has 0 aromatic carbocycles. The zero-order valence-electron chi connectivity index (χ0n) is 12.8. The van der Waals surface area contributed by atoms with Crippen molar-refractivity contribution in [1.82, 2.24) is 20.1 Å². The summed E-state index contributed by atoms with van der Waals surface area (Å²) in [5, 5.41) is 7.07. The molecule has 8 nitrogen and oxygen atoms in total. The van der Waals surface area contributed by atoms with Gasteiger partial charge in [0.2, 0.25) is 5.89 Å². The third kappa shape index (κ3) is 4.12. The molecule has 2 aromatic rings. The minimum absolute atomic E-state index is 0.159. The van der Waals surface area contributed by atoms with Crippen molar-refractivity contribution in [2.24, 2.45) is 5.84 Å². The van der Waals surface area contributed by atoms with E-state index in [1.807, 2.05) is 0 Å². The number of nitrogen functional groups attached to an aromatic ring is 1. The molecule has 2 heterocycles. The lowest BCUT2D eigenvalue weighted by Crippen LogP contribution is -2.20. The monoisotopic (exact) mass is 291 g/mol. The fraction of sp³-hybridized carbons (Fsp3) is 0.538. The van der Waals surface area contributed by atoms with E-state index in [4.69, 9.17) is 10.4 Å². The van der Waals surface area contributed by atoms with Gasteiger partial charge in [-0.05, 0) is 0 Å². The lowest BCUT2D eigenvalue weighted by molar-refractivity contribution is 0.387. The topological polar surface area (TPSA) is 115 Å². The van der Waals surface area contributed by atoms with Gasteiger partial charge in [0.05, 0.1) is 0 Å². The van der Waals surface area contributed by atoms with Crippen LogP contribution in [0, 0.1) is 6.92 Å². The van der Waals surface area contributed by atoms with Crippen molar-refractivity contribution >= 4 is 11.6 Å². The van der Waals surface area contributed by atoms with E-state index in [1.165, 1.54) is 0 Å². The normalized spacial score (nSPS) is 11.5. The highest BCUT2D eigenvalue weighted by atomic mass is 16.5. The van der Waals surface area contributed by atoms with E-state index in [1.54, 1.807) is 13.0 Å². The van der Waals surface area contributed by atoms with Gasteiger partial charge in [-0.15, -0.1) is 0 Å². The highest BCUT2D eigenvalue weighted by Gasteiger charge is 2.19. The van der Waals surface area contributed by atoms with Gasteiger partial charge in [0.25, 0.3) is 0 Å². The van der Waals surface area contributed by atoms with Crippen LogP contribution in [0.2, 0.25) is 0 Å². The van der Waals surface area contributed by atoms with Crippen molar-refractivity contribution < 1.29 is 4.52 Å². The SMILES string of the molecule is Cc1nc(CCNc2cc(NN)nc(C(C)(C)C)n2)no1. The van der Waals surface area contributed by atoms with Crippen LogP contribution in [0.25, 0.3) is 0 Å². The molecule has 2 rings (SSSR count). The van der Waals surface area contributed by atoms with Gasteiger partial charge in [-0.3, -0.25) is 0 Å². The van der Waals surface area contributed by atoms with E-state index in [2.05, 4.69) is 51.6 Å². The molecule has 0 amide bonds. The standard InChI is InChI=1S/C13H21N7O/c1-8-16-9(20-21-8)5-6-15-10-7-11(19-14)18-12(17-10)13(2,3)4/h7H,5-6,14H2,1-4H3,(H2,15,17,18,19). The number of aryl methyl sites for hydroxylation is 1. The van der Waals surface area contributed by atoms with E-state index in [-0.39, 0.29) is 5.41 Å². The second-order valence-electron chi connectivity index (χ2n) is 5.76. The Labute approximate surface area is 123 Å². The summed E-state index contributed by atoms with van der Waals surface area (Å²) >= 11 is 0. The highest BCUT2D eigenvalue weighted by Crippen LogP contribution is 2.21. The molecule has 0 aliphatic rings. The molecular formula is C13H21N7O. The Balaban J connectivity index is 2.05. The van der Waals surface area contributed by atoms with Crippen LogP contribution in [0.15, 0.2) is 10.6 Å². The summed E-state index contributed by atoms with van der Waals surface area (Å²) in [6.45, 7) is 8.56. The molecule has 0 bridgehead atoms. The molecule has 0 aliphatic carbocycles. The molecule has 0 atom stereocenters. The summed E-state index contributed by atoms with van der Waals surface area (Å²) < 4.78 is 4.93. The molecule has 0 saturated heterocycles. The molecular weight excluding hydrogens is 270 g/mol. The summed E-state index contributed by atoms with van der Waals surface area (Å²) in [4.78, 5) is 13.0. The van der Waals surface area contributed by atoms with Crippen molar-refractivity contribution in [3.63, 3.8) is 0 Å². The van der Waals surface area contributed by atoms with E-state index in [0.717, 1.165) is 5.82 Å². The summed E-state index contributed by atoms with van der Waals surface area (Å²) in [6, 6.07) is 1.76. The first-order chi connectivity index (χ1) is 9.88. The van der Waals surface area contributed by atoms with Gasteiger partial charge in [-0.25, -0.2) is 15.8 Å². The maximum absolute atomic E-state index is 5.45.